The Bertz CT molecular complexity index is 915. The number of amides is 2. The molecule has 31 heavy (non-hydrogen) atoms. The number of nitrogens with zero attached hydrogens (tertiary/aromatic N) is 2. The van der Waals surface area contributed by atoms with Crippen molar-refractivity contribution < 1.29 is 19.1 Å². The van der Waals surface area contributed by atoms with Crippen molar-refractivity contribution in [2.75, 3.05) is 18.5 Å². The maximum Gasteiger partial charge on any atom is 0.410 e. The summed E-state index contributed by atoms with van der Waals surface area (Å²) in [6.07, 6.45) is 2.79. The van der Waals surface area contributed by atoms with Crippen LogP contribution in [0, 0.1) is 0 Å². The first kappa shape index (κ1) is 21.8. The third-order valence-corrected chi connectivity index (χ3v) is 6.64. The maximum absolute atomic E-state index is 12.9. The van der Waals surface area contributed by atoms with Gasteiger partial charge < -0.3 is 14.8 Å². The number of aromatic nitrogens is 1. The second-order valence-electron chi connectivity index (χ2n) is 8.76. The predicted octanol–water partition coefficient (Wildman–Crippen LogP) is 4.56. The number of carbonyl (C=O) groups excluding carboxylic acids is 2. The fourth-order valence-electron chi connectivity index (χ4n) is 4.26. The Balaban J connectivity index is 1.33. The van der Waals surface area contributed by atoms with E-state index in [0.29, 0.717) is 24.0 Å². The minimum atomic E-state index is -0.530. The van der Waals surface area contributed by atoms with Crippen LogP contribution in [0.15, 0.2) is 35.7 Å². The van der Waals surface area contributed by atoms with Crippen LogP contribution in [0.4, 0.5) is 9.93 Å². The zero-order chi connectivity index (χ0) is 21.8. The molecule has 0 aliphatic carbocycles. The molecule has 1 N–H and O–H groups in total. The molecule has 0 radical (unpaired) electrons. The quantitative estimate of drug-likeness (QED) is 0.733. The molecule has 2 amide bonds. The lowest BCUT2D eigenvalue weighted by molar-refractivity contribution is -0.120. The summed E-state index contributed by atoms with van der Waals surface area (Å²) in [7, 11) is 0. The molecule has 4 rings (SSSR count). The number of carbonyl (C=O) groups is 2. The molecular weight excluding hydrogens is 414 g/mol. The van der Waals surface area contributed by atoms with Crippen molar-refractivity contribution in [2.24, 2.45) is 0 Å². The van der Waals surface area contributed by atoms with Crippen molar-refractivity contribution in [1.82, 2.24) is 9.88 Å². The highest BCUT2D eigenvalue weighted by Crippen LogP contribution is 2.36. The van der Waals surface area contributed by atoms with E-state index < -0.39 is 12.1 Å². The molecule has 0 spiro atoms. The molecule has 1 unspecified atom stereocenters. The average molecular weight is 444 g/mol. The van der Waals surface area contributed by atoms with Crippen LogP contribution in [0.2, 0.25) is 0 Å². The van der Waals surface area contributed by atoms with Crippen LogP contribution in [0.5, 0.6) is 0 Å². The molecule has 0 bridgehead atoms. The van der Waals surface area contributed by atoms with Gasteiger partial charge in [-0.05, 0) is 45.1 Å². The topological polar surface area (TPSA) is 80.8 Å². The molecule has 7 nitrogen and oxygen atoms in total. The first-order valence-corrected chi connectivity index (χ1v) is 11.7. The molecule has 3 heterocycles. The molecule has 2 saturated heterocycles. The van der Waals surface area contributed by atoms with Gasteiger partial charge in [0.05, 0.1) is 11.3 Å². The third kappa shape index (κ3) is 5.43. The average Bonchev–Trinajstić information content (AvgIpc) is 3.42. The van der Waals surface area contributed by atoms with E-state index in [1.54, 1.807) is 0 Å². The molecule has 2 fully saturated rings. The second-order valence-corrected chi connectivity index (χ2v) is 9.61. The van der Waals surface area contributed by atoms with Crippen molar-refractivity contribution >= 4 is 28.5 Å². The summed E-state index contributed by atoms with van der Waals surface area (Å²) >= 11 is 1.43. The van der Waals surface area contributed by atoms with E-state index in [-0.39, 0.29) is 18.1 Å². The van der Waals surface area contributed by atoms with Crippen molar-refractivity contribution in [1.29, 1.82) is 0 Å². The van der Waals surface area contributed by atoms with E-state index in [9.17, 15) is 9.59 Å². The number of thiazole rings is 1. The van der Waals surface area contributed by atoms with Gasteiger partial charge in [0.15, 0.2) is 5.13 Å². The van der Waals surface area contributed by atoms with E-state index in [1.165, 1.54) is 16.2 Å². The van der Waals surface area contributed by atoms with E-state index in [2.05, 4.69) is 24.1 Å². The van der Waals surface area contributed by atoms with E-state index >= 15 is 0 Å². The summed E-state index contributed by atoms with van der Waals surface area (Å²) in [5, 5.41) is 5.50. The van der Waals surface area contributed by atoms with Crippen LogP contribution >= 0.6 is 11.3 Å². The van der Waals surface area contributed by atoms with E-state index in [0.717, 1.165) is 37.1 Å². The number of nitrogens with one attached hydrogen (secondary N) is 1. The maximum atomic E-state index is 12.9. The molecule has 8 heteroatoms. The Morgan fingerprint density at radius 2 is 2.10 bits per heavy atom. The molecule has 166 valence electrons. The highest BCUT2D eigenvalue weighted by Gasteiger charge is 2.36. The molecular formula is C23H29N3O4S. The number of anilines is 1. The number of hydrogen-bond acceptors (Lipinski definition) is 6. The molecule has 2 atom stereocenters. The van der Waals surface area contributed by atoms with Crippen LogP contribution in [0.25, 0.3) is 0 Å². The van der Waals surface area contributed by atoms with Crippen molar-refractivity contribution in [3.63, 3.8) is 0 Å². The zero-order valence-electron chi connectivity index (χ0n) is 18.0. The summed E-state index contributed by atoms with van der Waals surface area (Å²) in [5.41, 5.74) is 1.77. The summed E-state index contributed by atoms with van der Waals surface area (Å²) in [6, 6.07) is 9.00. The van der Waals surface area contributed by atoms with Gasteiger partial charge in [0.2, 0.25) is 5.91 Å². The Morgan fingerprint density at radius 1 is 1.29 bits per heavy atom. The number of hydrogen-bond donors (Lipinski definition) is 1. The van der Waals surface area contributed by atoms with Gasteiger partial charge >= 0.3 is 6.09 Å². The highest BCUT2D eigenvalue weighted by molar-refractivity contribution is 7.13. The summed E-state index contributed by atoms with van der Waals surface area (Å²) < 4.78 is 11.2. The summed E-state index contributed by atoms with van der Waals surface area (Å²) in [6.45, 7) is 5.63. The van der Waals surface area contributed by atoms with Crippen LogP contribution < -0.4 is 5.32 Å². The smallest absolute Gasteiger partial charge is 0.410 e. The standard InChI is InChI=1S/C23H29N3O4S/c1-23(2)13-17(10-12-30-23)18-15-31-21(24-18)25-20(27)19-9-6-11-26(19)22(28)29-14-16-7-4-3-5-8-16/h3-5,7-8,15,17,19H,6,9-14H2,1-2H3,(H,24,25,27)/t17?,19-/m0/s1. The molecule has 2 aliphatic heterocycles. The van der Waals surface area contributed by atoms with Crippen molar-refractivity contribution in [3.8, 4) is 0 Å². The zero-order valence-corrected chi connectivity index (χ0v) is 18.8. The Morgan fingerprint density at radius 3 is 2.87 bits per heavy atom. The fourth-order valence-corrected chi connectivity index (χ4v) is 5.06. The number of benzene rings is 1. The van der Waals surface area contributed by atoms with Crippen LogP contribution in [-0.2, 0) is 20.9 Å². The predicted molar refractivity (Wildman–Crippen MR) is 119 cm³/mol. The van der Waals surface area contributed by atoms with Gasteiger partial charge in [-0.25, -0.2) is 9.78 Å². The van der Waals surface area contributed by atoms with Gasteiger partial charge in [-0.2, -0.15) is 0 Å². The Hall–Kier alpha value is -2.45. The Labute approximate surface area is 186 Å². The van der Waals surface area contributed by atoms with Gasteiger partial charge in [0, 0.05) is 24.4 Å². The molecule has 1 aromatic carbocycles. The van der Waals surface area contributed by atoms with Gasteiger partial charge in [0.25, 0.3) is 0 Å². The van der Waals surface area contributed by atoms with Gasteiger partial charge in [0.1, 0.15) is 12.6 Å². The first-order chi connectivity index (χ1) is 14.9. The SMILES string of the molecule is CC1(C)CC(c2csc(NC(=O)[C@@H]3CCCN3C(=O)OCc3ccccc3)n2)CCO1. The van der Waals surface area contributed by atoms with Gasteiger partial charge in [-0.15, -0.1) is 11.3 Å². The second kappa shape index (κ2) is 9.36. The largest absolute Gasteiger partial charge is 0.445 e. The van der Waals surface area contributed by atoms with Crippen LogP contribution in [0.3, 0.4) is 0 Å². The van der Waals surface area contributed by atoms with E-state index in [4.69, 9.17) is 9.47 Å². The molecule has 1 aromatic heterocycles. The third-order valence-electron chi connectivity index (χ3n) is 5.86. The summed E-state index contributed by atoms with van der Waals surface area (Å²) in [4.78, 5) is 31.6. The molecule has 2 aliphatic rings. The lowest BCUT2D eigenvalue weighted by Gasteiger charge is -2.34. The monoisotopic (exact) mass is 443 g/mol. The lowest BCUT2D eigenvalue weighted by Crippen LogP contribution is -2.43. The lowest BCUT2D eigenvalue weighted by atomic mass is 9.87. The molecule has 0 saturated carbocycles. The van der Waals surface area contributed by atoms with E-state index in [1.807, 2.05) is 35.7 Å². The van der Waals surface area contributed by atoms with Gasteiger partial charge in [-0.3, -0.25) is 9.69 Å². The minimum absolute atomic E-state index is 0.152. The van der Waals surface area contributed by atoms with Gasteiger partial charge in [-0.1, -0.05) is 30.3 Å². The summed E-state index contributed by atoms with van der Waals surface area (Å²) in [5.74, 6) is 0.129. The fraction of sp³-hybridized carbons (Fsp3) is 0.522. The highest BCUT2D eigenvalue weighted by atomic mass is 32.1. The van der Waals surface area contributed by atoms with Crippen LogP contribution in [-0.4, -0.2) is 46.7 Å². The normalized spacial score (nSPS) is 22.8. The van der Waals surface area contributed by atoms with Crippen molar-refractivity contribution in [2.45, 2.75) is 63.7 Å². The number of ether oxygens (including phenoxy) is 2. The van der Waals surface area contributed by atoms with Crippen LogP contribution in [0.1, 0.15) is 56.7 Å². The Kier molecular flexibility index (Phi) is 6.57. The first-order valence-electron chi connectivity index (χ1n) is 10.8. The minimum Gasteiger partial charge on any atom is -0.445 e. The number of likely N-dealkylation sites (tertiary alicyclic amines) is 1. The number of rotatable bonds is 5. The molecule has 2 aromatic rings. The van der Waals surface area contributed by atoms with Crippen molar-refractivity contribution in [3.05, 3.63) is 47.0 Å².